The van der Waals surface area contributed by atoms with Crippen molar-refractivity contribution < 1.29 is 46.9 Å². The molecule has 3 amide bonds. The van der Waals surface area contributed by atoms with Gasteiger partial charge in [-0.2, -0.15) is 0 Å². The molecule has 14 nitrogen and oxygen atoms in total. The molecule has 0 saturated carbocycles. The Kier molecular flexibility index (Phi) is 15.4. The predicted molar refractivity (Wildman–Crippen MR) is 201 cm³/mol. The number of carboxylic acids is 1. The number of unbranched alkanes of at least 4 members (excludes halogenated alkanes) is 1. The number of sulfonamides is 1. The second-order valence-corrected chi connectivity index (χ2v) is 15.3. The van der Waals surface area contributed by atoms with E-state index in [0.717, 1.165) is 11.8 Å². The number of aliphatic hydroxyl groups is 1. The number of β-lactam (4-membered cyclic amide) rings is 1. The number of nitrogens with two attached hydrogens (primary N) is 1. The van der Waals surface area contributed by atoms with Crippen LogP contribution in [-0.4, -0.2) is 91.9 Å². The molecule has 0 aromatic heterocycles. The van der Waals surface area contributed by atoms with Gasteiger partial charge in [0.2, 0.25) is 21.8 Å². The minimum absolute atomic E-state index is 0.0528. The third-order valence-corrected chi connectivity index (χ3v) is 10.1. The Bertz CT molecular complexity index is 1940. The SMILES string of the molecule is CS(=O)(=O)NCC#Cc1ccc(N2C(=O)[C@H](SC[C@H](O)c3ccc(F)cc3)C2c2ccc(OCC(=O)NCC(=O)N[C@H](CCCCN)C(=O)O)cc2)cc1. The number of thioether (sulfide) groups is 1. The number of hydrogen-bond donors (Lipinski definition) is 6. The molecule has 1 unspecified atom stereocenters. The highest BCUT2D eigenvalue weighted by Gasteiger charge is 2.49. The smallest absolute Gasteiger partial charge is 0.326 e. The van der Waals surface area contributed by atoms with Gasteiger partial charge in [0.25, 0.3) is 5.91 Å². The molecule has 4 atom stereocenters. The number of ether oxygens (including phenoxy) is 1. The van der Waals surface area contributed by atoms with Crippen LogP contribution in [0.25, 0.3) is 0 Å². The van der Waals surface area contributed by atoms with Crippen LogP contribution < -0.4 is 30.7 Å². The molecular formula is C37H42FN5O9S2. The van der Waals surface area contributed by atoms with Crippen molar-refractivity contribution in [3.05, 3.63) is 95.3 Å². The fourth-order valence-electron chi connectivity index (χ4n) is 5.37. The van der Waals surface area contributed by atoms with Crippen LogP contribution in [0, 0.1) is 17.7 Å². The van der Waals surface area contributed by atoms with Crippen LogP contribution in [0.1, 0.15) is 48.1 Å². The van der Waals surface area contributed by atoms with Gasteiger partial charge in [-0.15, -0.1) is 11.8 Å². The van der Waals surface area contributed by atoms with Crippen molar-refractivity contribution in [2.24, 2.45) is 5.73 Å². The number of hydrogen-bond acceptors (Lipinski definition) is 10. The van der Waals surface area contributed by atoms with Crippen LogP contribution in [0.15, 0.2) is 72.8 Å². The lowest BCUT2D eigenvalue weighted by Crippen LogP contribution is -2.57. The molecule has 1 aliphatic rings. The third-order valence-electron chi connectivity index (χ3n) is 8.15. The maximum Gasteiger partial charge on any atom is 0.326 e. The average molecular weight is 784 g/mol. The zero-order valence-electron chi connectivity index (χ0n) is 29.4. The molecule has 17 heteroatoms. The number of anilines is 1. The number of carbonyl (C=O) groups excluding carboxylic acids is 3. The van der Waals surface area contributed by atoms with Crippen LogP contribution in [-0.2, 0) is 29.2 Å². The van der Waals surface area contributed by atoms with E-state index in [0.29, 0.717) is 42.0 Å². The minimum Gasteiger partial charge on any atom is -0.484 e. The van der Waals surface area contributed by atoms with Crippen LogP contribution in [0.2, 0.25) is 0 Å². The molecule has 0 bridgehead atoms. The highest BCUT2D eigenvalue weighted by atomic mass is 32.2. The molecule has 7 N–H and O–H groups in total. The summed E-state index contributed by atoms with van der Waals surface area (Å²) >= 11 is 1.27. The molecule has 288 valence electrons. The number of nitrogens with zero attached hydrogens (tertiary/aromatic N) is 1. The van der Waals surface area contributed by atoms with E-state index in [1.54, 1.807) is 53.4 Å². The van der Waals surface area contributed by atoms with Crippen molar-refractivity contribution >= 4 is 51.2 Å². The first-order valence-corrected chi connectivity index (χ1v) is 19.8. The first-order valence-electron chi connectivity index (χ1n) is 16.9. The second-order valence-electron chi connectivity index (χ2n) is 12.3. The van der Waals surface area contributed by atoms with Crippen molar-refractivity contribution in [3.8, 4) is 17.6 Å². The standard InChI is InChI=1S/C37H42FN5O9S2/c1-54(50,51)41-20-4-5-24-7-15-28(16-8-24)43-34(35(36(43)47)53-23-31(44)25-9-13-27(38)14-10-25)26-11-17-29(18-12-26)52-22-33(46)40-21-32(45)42-30(37(48)49)6-2-3-19-39/h7-18,30-31,34-35,41,44H,2-3,6,19-23,39H2,1H3,(H,40,46)(H,42,45)(H,48,49)/t30-,31+,34?,35-/m1/s1. The summed E-state index contributed by atoms with van der Waals surface area (Å²) in [7, 11) is -3.37. The van der Waals surface area contributed by atoms with Crippen molar-refractivity contribution in [1.82, 2.24) is 15.4 Å². The van der Waals surface area contributed by atoms with Gasteiger partial charge in [0.1, 0.15) is 22.9 Å². The third kappa shape index (κ3) is 12.6. The van der Waals surface area contributed by atoms with Gasteiger partial charge in [0.05, 0.1) is 31.5 Å². The van der Waals surface area contributed by atoms with E-state index in [1.165, 1.54) is 36.0 Å². The van der Waals surface area contributed by atoms with Crippen molar-refractivity contribution in [2.45, 2.75) is 42.7 Å². The topological polar surface area (TPSA) is 217 Å². The number of carbonyl (C=O) groups is 4. The summed E-state index contributed by atoms with van der Waals surface area (Å²) in [6, 6.07) is 17.6. The molecule has 4 rings (SSSR count). The number of nitrogens with one attached hydrogen (secondary N) is 3. The van der Waals surface area contributed by atoms with Gasteiger partial charge in [0, 0.05) is 17.0 Å². The highest BCUT2D eigenvalue weighted by Crippen LogP contribution is 2.46. The van der Waals surface area contributed by atoms with Gasteiger partial charge in [-0.05, 0) is 85.5 Å². The van der Waals surface area contributed by atoms with Gasteiger partial charge in [-0.3, -0.25) is 14.4 Å². The monoisotopic (exact) mass is 783 g/mol. The van der Waals surface area contributed by atoms with Gasteiger partial charge in [-0.1, -0.05) is 36.1 Å². The number of aliphatic carboxylic acids is 1. The molecule has 3 aromatic rings. The Morgan fingerprint density at radius 2 is 1.70 bits per heavy atom. The van der Waals surface area contributed by atoms with E-state index >= 15 is 0 Å². The quantitative estimate of drug-likeness (QED) is 0.0586. The van der Waals surface area contributed by atoms with Crippen molar-refractivity contribution in [2.75, 3.05) is 43.1 Å². The maximum absolute atomic E-state index is 13.6. The number of carboxylic acid groups (broad SMARTS) is 1. The molecule has 1 aliphatic heterocycles. The van der Waals surface area contributed by atoms with Gasteiger partial charge >= 0.3 is 5.97 Å². The van der Waals surface area contributed by atoms with E-state index in [4.69, 9.17) is 10.5 Å². The largest absolute Gasteiger partial charge is 0.484 e. The van der Waals surface area contributed by atoms with Crippen LogP contribution in [0.4, 0.5) is 10.1 Å². The summed E-state index contributed by atoms with van der Waals surface area (Å²) in [5.74, 6) is 3.05. The normalized spacial score (nSPS) is 16.3. The molecule has 0 aliphatic carbocycles. The molecule has 1 saturated heterocycles. The molecule has 0 spiro atoms. The number of amides is 3. The number of aliphatic hydroxyl groups excluding tert-OH is 1. The Morgan fingerprint density at radius 3 is 2.33 bits per heavy atom. The number of halogens is 1. The lowest BCUT2D eigenvalue weighted by Gasteiger charge is -2.47. The fraction of sp³-hybridized carbons (Fsp3) is 0.351. The highest BCUT2D eigenvalue weighted by molar-refractivity contribution is 8.00. The number of rotatable bonds is 19. The van der Waals surface area contributed by atoms with E-state index in [9.17, 15) is 42.2 Å². The summed E-state index contributed by atoms with van der Waals surface area (Å²) in [4.78, 5) is 51.2. The van der Waals surface area contributed by atoms with E-state index in [-0.39, 0.29) is 24.6 Å². The van der Waals surface area contributed by atoms with Crippen LogP contribution >= 0.6 is 11.8 Å². The first kappa shape index (κ1) is 41.8. The Balaban J connectivity index is 1.40. The van der Waals surface area contributed by atoms with E-state index in [2.05, 4.69) is 27.2 Å². The van der Waals surface area contributed by atoms with E-state index in [1.807, 2.05) is 0 Å². The van der Waals surface area contributed by atoms with Crippen molar-refractivity contribution in [1.29, 1.82) is 0 Å². The second kappa shape index (κ2) is 19.9. The Hall–Kier alpha value is -4.99. The average Bonchev–Trinajstić information content (AvgIpc) is 3.14. The first-order chi connectivity index (χ1) is 25.8. The van der Waals surface area contributed by atoms with Gasteiger partial charge in [0.15, 0.2) is 6.61 Å². The summed E-state index contributed by atoms with van der Waals surface area (Å²) in [5, 5.41) is 24.3. The minimum atomic E-state index is -3.37. The van der Waals surface area contributed by atoms with E-state index < -0.39 is 70.2 Å². The zero-order chi connectivity index (χ0) is 39.3. The zero-order valence-corrected chi connectivity index (χ0v) is 31.0. The molecule has 1 fully saturated rings. The van der Waals surface area contributed by atoms with Crippen LogP contribution in [0.3, 0.4) is 0 Å². The summed E-state index contributed by atoms with van der Waals surface area (Å²) in [5.41, 5.74) is 7.90. The summed E-state index contributed by atoms with van der Waals surface area (Å²) in [6.45, 7) is -0.497. The van der Waals surface area contributed by atoms with Crippen molar-refractivity contribution in [3.63, 3.8) is 0 Å². The summed E-state index contributed by atoms with van der Waals surface area (Å²) in [6.07, 6.45) is 1.46. The van der Waals surface area contributed by atoms with Gasteiger partial charge < -0.3 is 36.2 Å². The molecular weight excluding hydrogens is 742 g/mol. The Labute approximate surface area is 317 Å². The van der Waals surface area contributed by atoms with Crippen LogP contribution in [0.5, 0.6) is 5.75 Å². The molecule has 3 aromatic carbocycles. The Morgan fingerprint density at radius 1 is 1.02 bits per heavy atom. The molecule has 0 radical (unpaired) electrons. The lowest BCUT2D eigenvalue weighted by molar-refractivity contribution is -0.142. The fourth-order valence-corrected chi connectivity index (χ4v) is 7.00. The maximum atomic E-state index is 13.6. The molecule has 54 heavy (non-hydrogen) atoms. The van der Waals surface area contributed by atoms with Gasteiger partial charge in [-0.25, -0.2) is 22.3 Å². The molecule has 1 heterocycles. The lowest BCUT2D eigenvalue weighted by atomic mass is 9.92. The number of benzene rings is 3. The summed E-state index contributed by atoms with van der Waals surface area (Å²) < 4.78 is 43.9. The predicted octanol–water partition coefficient (Wildman–Crippen LogP) is 1.84.